The van der Waals surface area contributed by atoms with Crippen LogP contribution in [0.5, 0.6) is 0 Å². The minimum Gasteiger partial charge on any atom is -0.394 e. The summed E-state index contributed by atoms with van der Waals surface area (Å²) in [5.74, 6) is 0. The molecule has 12 heavy (non-hydrogen) atoms. The van der Waals surface area contributed by atoms with Gasteiger partial charge in [-0.25, -0.2) is 13.2 Å². The first-order valence-corrected chi connectivity index (χ1v) is 3.21. The summed E-state index contributed by atoms with van der Waals surface area (Å²) in [4.78, 5) is 9.64. The minimum atomic E-state index is -2.73. The van der Waals surface area contributed by atoms with Gasteiger partial charge in [0, 0.05) is 0 Å². The largest absolute Gasteiger partial charge is 0.394 e. The van der Waals surface area contributed by atoms with Gasteiger partial charge in [-0.05, 0) is 0 Å². The summed E-state index contributed by atoms with van der Waals surface area (Å²) in [5, 5.41) is 16.6. The van der Waals surface area contributed by atoms with Gasteiger partial charge < -0.3 is 10.2 Å². The lowest BCUT2D eigenvalue weighted by atomic mass is 10.1. The van der Waals surface area contributed by atoms with Crippen LogP contribution in [0.2, 0.25) is 0 Å². The number of alkyl halides is 3. The quantitative estimate of drug-likeness (QED) is 0.572. The smallest absolute Gasteiger partial charge is 0.189 e. The summed E-state index contributed by atoms with van der Waals surface area (Å²) in [5.41, 5.74) is 0. The van der Waals surface area contributed by atoms with Crippen molar-refractivity contribution in [3.05, 3.63) is 0 Å². The average molecular weight is 186 g/mol. The molecule has 0 heterocycles. The van der Waals surface area contributed by atoms with E-state index in [-0.39, 0.29) is 0 Å². The maximum absolute atomic E-state index is 12.4. The third-order valence-electron chi connectivity index (χ3n) is 1.29. The van der Waals surface area contributed by atoms with E-state index in [0.29, 0.717) is 0 Å². The van der Waals surface area contributed by atoms with E-state index < -0.39 is 37.5 Å². The molecule has 0 aromatic heterocycles. The molecule has 0 rings (SSSR count). The molecule has 6 heteroatoms. The molecule has 4 atom stereocenters. The fourth-order valence-corrected chi connectivity index (χ4v) is 0.564. The monoisotopic (exact) mass is 186 g/mol. The first kappa shape index (κ1) is 11.4. The Morgan fingerprint density at radius 3 is 2.08 bits per heavy atom. The van der Waals surface area contributed by atoms with Crippen molar-refractivity contribution in [2.24, 2.45) is 0 Å². The molecule has 0 aliphatic rings. The number of rotatable bonds is 5. The molecule has 0 aromatic carbocycles. The van der Waals surface area contributed by atoms with Crippen LogP contribution in [0.15, 0.2) is 0 Å². The Morgan fingerprint density at radius 2 is 1.75 bits per heavy atom. The number of halogens is 3. The number of hydrogen-bond acceptors (Lipinski definition) is 3. The molecule has 0 aliphatic carbocycles. The summed E-state index contributed by atoms with van der Waals surface area (Å²) in [7, 11) is 0. The van der Waals surface area contributed by atoms with E-state index in [1.54, 1.807) is 0 Å². The lowest BCUT2D eigenvalue weighted by Gasteiger charge is -2.17. The molecule has 0 radical (unpaired) electrons. The van der Waals surface area contributed by atoms with Crippen LogP contribution < -0.4 is 0 Å². The van der Waals surface area contributed by atoms with Crippen LogP contribution in [0.3, 0.4) is 0 Å². The SMILES string of the molecule is O=C[C@H](F)[C@@H](F)[C@H](F)[C@H](O)CO. The average Bonchev–Trinajstić information content (AvgIpc) is 2.12. The van der Waals surface area contributed by atoms with Gasteiger partial charge in [-0.3, -0.25) is 4.79 Å². The van der Waals surface area contributed by atoms with Gasteiger partial charge in [0.1, 0.15) is 6.10 Å². The molecule has 0 aliphatic heterocycles. The first-order valence-electron chi connectivity index (χ1n) is 3.21. The topological polar surface area (TPSA) is 57.5 Å². The number of carbonyl (C=O) groups is 1. The second-order valence-corrected chi connectivity index (χ2v) is 2.22. The molecule has 72 valence electrons. The Balaban J connectivity index is 4.07. The van der Waals surface area contributed by atoms with Crippen molar-refractivity contribution >= 4 is 6.29 Å². The Bertz CT molecular complexity index is 144. The molecular formula is C6H9F3O3. The Morgan fingerprint density at radius 1 is 1.25 bits per heavy atom. The van der Waals surface area contributed by atoms with Gasteiger partial charge in [-0.1, -0.05) is 0 Å². The van der Waals surface area contributed by atoms with E-state index >= 15 is 0 Å². The second kappa shape index (κ2) is 5.10. The predicted octanol–water partition coefficient (Wildman–Crippen LogP) is -0.447. The number of aliphatic hydroxyl groups is 2. The zero-order chi connectivity index (χ0) is 9.72. The van der Waals surface area contributed by atoms with Crippen molar-refractivity contribution in [3.63, 3.8) is 0 Å². The van der Waals surface area contributed by atoms with Crippen LogP contribution in [0, 0.1) is 0 Å². The molecule has 2 N–H and O–H groups in total. The molecule has 0 fully saturated rings. The van der Waals surface area contributed by atoms with Crippen molar-refractivity contribution < 1.29 is 28.2 Å². The highest BCUT2D eigenvalue weighted by Gasteiger charge is 2.34. The zero-order valence-corrected chi connectivity index (χ0v) is 6.03. The molecule has 0 bridgehead atoms. The van der Waals surface area contributed by atoms with Gasteiger partial charge in [0.2, 0.25) is 0 Å². The van der Waals surface area contributed by atoms with Gasteiger partial charge in [0.15, 0.2) is 24.8 Å². The molecule has 0 spiro atoms. The van der Waals surface area contributed by atoms with Crippen molar-refractivity contribution in [2.45, 2.75) is 24.6 Å². The third kappa shape index (κ3) is 2.78. The van der Waals surface area contributed by atoms with E-state index in [0.717, 1.165) is 0 Å². The van der Waals surface area contributed by atoms with Gasteiger partial charge in [0.05, 0.1) is 6.61 Å². The van der Waals surface area contributed by atoms with E-state index in [1.807, 2.05) is 0 Å². The lowest BCUT2D eigenvalue weighted by molar-refractivity contribution is -0.116. The molecule has 0 saturated carbocycles. The van der Waals surface area contributed by atoms with Crippen molar-refractivity contribution in [1.82, 2.24) is 0 Å². The zero-order valence-electron chi connectivity index (χ0n) is 6.03. The van der Waals surface area contributed by atoms with E-state index in [2.05, 4.69) is 0 Å². The Labute approximate surface area is 66.8 Å². The maximum atomic E-state index is 12.4. The van der Waals surface area contributed by atoms with Crippen molar-refractivity contribution in [1.29, 1.82) is 0 Å². The highest BCUT2D eigenvalue weighted by molar-refractivity contribution is 5.57. The summed E-state index contributed by atoms with van der Waals surface area (Å²) < 4.78 is 36.9. The fourth-order valence-electron chi connectivity index (χ4n) is 0.564. The lowest BCUT2D eigenvalue weighted by Crippen LogP contribution is -2.39. The fraction of sp³-hybridized carbons (Fsp3) is 0.833. The van der Waals surface area contributed by atoms with E-state index in [9.17, 15) is 18.0 Å². The summed E-state index contributed by atoms with van der Waals surface area (Å²) >= 11 is 0. The van der Waals surface area contributed by atoms with Crippen LogP contribution in [-0.4, -0.2) is 47.7 Å². The number of carbonyl (C=O) groups excluding carboxylic acids is 1. The van der Waals surface area contributed by atoms with Gasteiger partial charge in [-0.2, -0.15) is 0 Å². The summed E-state index contributed by atoms with van der Waals surface area (Å²) in [6.45, 7) is -1.02. The number of aliphatic hydroxyl groups excluding tert-OH is 2. The Hall–Kier alpha value is -0.620. The summed E-state index contributed by atoms with van der Waals surface area (Å²) in [6.07, 6.45) is -10.3. The van der Waals surface area contributed by atoms with Crippen molar-refractivity contribution in [3.8, 4) is 0 Å². The molecule has 0 saturated heterocycles. The predicted molar refractivity (Wildman–Crippen MR) is 33.8 cm³/mol. The number of hydrogen-bond donors (Lipinski definition) is 2. The Kier molecular flexibility index (Phi) is 4.84. The molecule has 0 unspecified atom stereocenters. The molecule has 0 amide bonds. The highest BCUT2D eigenvalue weighted by Crippen LogP contribution is 2.13. The van der Waals surface area contributed by atoms with Crippen LogP contribution in [0.4, 0.5) is 13.2 Å². The van der Waals surface area contributed by atoms with Gasteiger partial charge >= 0.3 is 0 Å². The molecule has 0 aromatic rings. The van der Waals surface area contributed by atoms with Crippen LogP contribution in [-0.2, 0) is 4.79 Å². The third-order valence-corrected chi connectivity index (χ3v) is 1.29. The minimum absolute atomic E-state index is 0.401. The van der Waals surface area contributed by atoms with Crippen LogP contribution in [0.25, 0.3) is 0 Å². The highest BCUT2D eigenvalue weighted by atomic mass is 19.2. The standard InChI is InChI=1S/C6H9F3O3/c7-3(1-10)5(8)6(9)4(12)2-11/h1,3-6,11-12H,2H2/t3-,4+,5+,6+/m0/s1. The van der Waals surface area contributed by atoms with Gasteiger partial charge in [0.25, 0.3) is 0 Å². The normalized spacial score (nSPS) is 21.1. The maximum Gasteiger partial charge on any atom is 0.189 e. The second-order valence-electron chi connectivity index (χ2n) is 2.22. The van der Waals surface area contributed by atoms with Crippen molar-refractivity contribution in [2.75, 3.05) is 6.61 Å². The van der Waals surface area contributed by atoms with Crippen LogP contribution >= 0.6 is 0 Å². The molecule has 3 nitrogen and oxygen atoms in total. The first-order chi connectivity index (χ1) is 5.54. The van der Waals surface area contributed by atoms with Crippen LogP contribution in [0.1, 0.15) is 0 Å². The van der Waals surface area contributed by atoms with E-state index in [4.69, 9.17) is 10.2 Å². The summed E-state index contributed by atoms with van der Waals surface area (Å²) in [6, 6.07) is 0. The molecular weight excluding hydrogens is 177 g/mol. The van der Waals surface area contributed by atoms with Gasteiger partial charge in [-0.15, -0.1) is 0 Å². The van der Waals surface area contributed by atoms with E-state index in [1.165, 1.54) is 0 Å². The number of aldehydes is 1.